The molecule has 1 heterocycles. The van der Waals surface area contributed by atoms with Crippen LogP contribution in [0.15, 0.2) is 102 Å². The SMILES string of the molecule is Cc1ccc(-c2nnc(SCC(=O)Nc3ccc4ccccc4c3)n2-c2ccccc2)cc1. The van der Waals surface area contributed by atoms with Crippen molar-refractivity contribution < 1.29 is 4.79 Å². The number of hydrogen-bond acceptors (Lipinski definition) is 4. The van der Waals surface area contributed by atoms with Crippen molar-refractivity contribution in [1.82, 2.24) is 14.8 Å². The summed E-state index contributed by atoms with van der Waals surface area (Å²) < 4.78 is 2.00. The molecule has 0 aliphatic rings. The van der Waals surface area contributed by atoms with Gasteiger partial charge in [-0.2, -0.15) is 0 Å². The lowest BCUT2D eigenvalue weighted by Crippen LogP contribution is -2.14. The number of carbonyl (C=O) groups excluding carboxylic acids is 1. The Morgan fingerprint density at radius 3 is 2.36 bits per heavy atom. The van der Waals surface area contributed by atoms with Crippen molar-refractivity contribution in [1.29, 1.82) is 0 Å². The van der Waals surface area contributed by atoms with E-state index in [0.29, 0.717) is 5.16 Å². The van der Waals surface area contributed by atoms with Gasteiger partial charge in [0.25, 0.3) is 0 Å². The Balaban J connectivity index is 1.37. The second-order valence-electron chi connectivity index (χ2n) is 7.74. The maximum atomic E-state index is 12.7. The topological polar surface area (TPSA) is 59.8 Å². The number of carbonyl (C=O) groups is 1. The highest BCUT2D eigenvalue weighted by atomic mass is 32.2. The first-order valence-electron chi connectivity index (χ1n) is 10.7. The fraction of sp³-hybridized carbons (Fsp3) is 0.0741. The van der Waals surface area contributed by atoms with Crippen LogP contribution in [0.1, 0.15) is 5.56 Å². The minimum absolute atomic E-state index is 0.0882. The molecule has 0 radical (unpaired) electrons. The lowest BCUT2D eigenvalue weighted by molar-refractivity contribution is -0.113. The lowest BCUT2D eigenvalue weighted by Gasteiger charge is -2.11. The second-order valence-corrected chi connectivity index (χ2v) is 8.68. The molecule has 4 aromatic carbocycles. The van der Waals surface area contributed by atoms with Gasteiger partial charge in [-0.1, -0.05) is 90.1 Å². The Labute approximate surface area is 196 Å². The van der Waals surface area contributed by atoms with Crippen LogP contribution in [-0.4, -0.2) is 26.4 Å². The van der Waals surface area contributed by atoms with Gasteiger partial charge in [0.15, 0.2) is 11.0 Å². The molecule has 5 rings (SSSR count). The quantitative estimate of drug-likeness (QED) is 0.316. The van der Waals surface area contributed by atoms with E-state index in [4.69, 9.17) is 0 Å². The third kappa shape index (κ3) is 4.66. The van der Waals surface area contributed by atoms with Crippen molar-refractivity contribution in [2.45, 2.75) is 12.1 Å². The highest BCUT2D eigenvalue weighted by Crippen LogP contribution is 2.28. The zero-order valence-electron chi connectivity index (χ0n) is 18.1. The number of hydrogen-bond donors (Lipinski definition) is 1. The fourth-order valence-electron chi connectivity index (χ4n) is 3.66. The van der Waals surface area contributed by atoms with E-state index in [9.17, 15) is 4.79 Å². The third-order valence-corrected chi connectivity index (χ3v) is 6.25. The predicted octanol–water partition coefficient (Wildman–Crippen LogP) is 6.13. The summed E-state index contributed by atoms with van der Waals surface area (Å²) in [6.07, 6.45) is 0. The molecule has 33 heavy (non-hydrogen) atoms. The van der Waals surface area contributed by atoms with Crippen LogP contribution in [0, 0.1) is 6.92 Å². The molecule has 0 aliphatic carbocycles. The highest BCUT2D eigenvalue weighted by Gasteiger charge is 2.17. The van der Waals surface area contributed by atoms with E-state index in [2.05, 4.69) is 40.6 Å². The largest absolute Gasteiger partial charge is 0.325 e. The molecule has 1 amide bonds. The molecule has 0 saturated carbocycles. The van der Waals surface area contributed by atoms with Gasteiger partial charge in [-0.05, 0) is 42.0 Å². The Morgan fingerprint density at radius 2 is 1.58 bits per heavy atom. The van der Waals surface area contributed by atoms with Crippen molar-refractivity contribution >= 4 is 34.1 Å². The van der Waals surface area contributed by atoms with Crippen LogP contribution in [0.25, 0.3) is 27.8 Å². The first-order valence-corrected chi connectivity index (χ1v) is 11.7. The average Bonchev–Trinajstić information content (AvgIpc) is 3.28. The molecule has 5 nitrogen and oxygen atoms in total. The molecule has 0 atom stereocenters. The number of aromatic nitrogens is 3. The molecule has 6 heteroatoms. The predicted molar refractivity (Wildman–Crippen MR) is 135 cm³/mol. The lowest BCUT2D eigenvalue weighted by atomic mass is 10.1. The highest BCUT2D eigenvalue weighted by molar-refractivity contribution is 7.99. The average molecular weight is 451 g/mol. The number of benzene rings is 4. The molecule has 0 bridgehead atoms. The maximum absolute atomic E-state index is 12.7. The summed E-state index contributed by atoms with van der Waals surface area (Å²) in [5.41, 5.74) is 3.90. The Kier molecular flexibility index (Phi) is 5.91. The van der Waals surface area contributed by atoms with Crippen LogP contribution in [0.4, 0.5) is 5.69 Å². The van der Waals surface area contributed by atoms with Crippen LogP contribution in [0.3, 0.4) is 0 Å². The van der Waals surface area contributed by atoms with E-state index in [0.717, 1.165) is 33.5 Å². The zero-order chi connectivity index (χ0) is 22.6. The van der Waals surface area contributed by atoms with Gasteiger partial charge in [-0.3, -0.25) is 9.36 Å². The normalized spacial score (nSPS) is 10.9. The van der Waals surface area contributed by atoms with Gasteiger partial charge in [-0.15, -0.1) is 10.2 Å². The first kappa shape index (κ1) is 21.0. The van der Waals surface area contributed by atoms with Crippen LogP contribution in [-0.2, 0) is 4.79 Å². The maximum Gasteiger partial charge on any atom is 0.234 e. The molecule has 5 aromatic rings. The first-order chi connectivity index (χ1) is 16.2. The van der Waals surface area contributed by atoms with Crippen molar-refractivity contribution in [3.63, 3.8) is 0 Å². The molecule has 1 N–H and O–H groups in total. The van der Waals surface area contributed by atoms with Gasteiger partial charge in [0.2, 0.25) is 5.91 Å². The molecule has 1 aromatic heterocycles. The second kappa shape index (κ2) is 9.30. The number of thioether (sulfide) groups is 1. The van der Waals surface area contributed by atoms with Crippen molar-refractivity contribution in [3.05, 3.63) is 103 Å². The molecular formula is C27H22N4OS. The van der Waals surface area contributed by atoms with Gasteiger partial charge in [-0.25, -0.2) is 0 Å². The molecule has 0 unspecified atom stereocenters. The summed E-state index contributed by atoms with van der Waals surface area (Å²) in [5, 5.41) is 14.8. The van der Waals surface area contributed by atoms with E-state index >= 15 is 0 Å². The van der Waals surface area contributed by atoms with Crippen molar-refractivity contribution in [2.24, 2.45) is 0 Å². The van der Waals surface area contributed by atoms with E-state index in [1.165, 1.54) is 17.3 Å². The Hall–Kier alpha value is -3.90. The summed E-state index contributed by atoms with van der Waals surface area (Å²) >= 11 is 1.37. The smallest absolute Gasteiger partial charge is 0.234 e. The van der Waals surface area contributed by atoms with Crippen LogP contribution in [0.2, 0.25) is 0 Å². The molecule has 0 fully saturated rings. The van der Waals surface area contributed by atoms with E-state index in [-0.39, 0.29) is 11.7 Å². The monoisotopic (exact) mass is 450 g/mol. The molecule has 0 aliphatic heterocycles. The minimum Gasteiger partial charge on any atom is -0.325 e. The third-order valence-electron chi connectivity index (χ3n) is 5.32. The Bertz CT molecular complexity index is 1410. The molecular weight excluding hydrogens is 428 g/mol. The van der Waals surface area contributed by atoms with Gasteiger partial charge >= 0.3 is 0 Å². The van der Waals surface area contributed by atoms with E-state index in [1.807, 2.05) is 83.4 Å². The van der Waals surface area contributed by atoms with Gasteiger partial charge in [0.1, 0.15) is 0 Å². The number of nitrogens with zero attached hydrogens (tertiary/aromatic N) is 3. The number of para-hydroxylation sites is 1. The standard InChI is InChI=1S/C27H22N4OS/c1-19-11-13-21(14-12-19)26-29-30-27(31(26)24-9-3-2-4-10-24)33-18-25(32)28-23-16-15-20-7-5-6-8-22(20)17-23/h2-17H,18H2,1H3,(H,28,32). The number of anilines is 1. The Morgan fingerprint density at radius 1 is 0.848 bits per heavy atom. The number of fused-ring (bicyclic) bond motifs is 1. The molecule has 0 saturated heterocycles. The summed E-state index contributed by atoms with van der Waals surface area (Å²) in [5.74, 6) is 0.888. The number of aryl methyl sites for hydroxylation is 1. The molecule has 0 spiro atoms. The van der Waals surface area contributed by atoms with Gasteiger partial charge in [0, 0.05) is 16.9 Å². The summed E-state index contributed by atoms with van der Waals surface area (Å²) in [7, 11) is 0. The minimum atomic E-state index is -0.0882. The van der Waals surface area contributed by atoms with E-state index in [1.54, 1.807) is 0 Å². The van der Waals surface area contributed by atoms with Crippen molar-refractivity contribution in [2.75, 3.05) is 11.1 Å². The van der Waals surface area contributed by atoms with Crippen LogP contribution < -0.4 is 5.32 Å². The fourth-order valence-corrected chi connectivity index (χ4v) is 4.41. The van der Waals surface area contributed by atoms with Crippen molar-refractivity contribution in [3.8, 4) is 17.1 Å². The number of amides is 1. The van der Waals surface area contributed by atoms with Gasteiger partial charge < -0.3 is 5.32 Å². The van der Waals surface area contributed by atoms with Crippen LogP contribution >= 0.6 is 11.8 Å². The summed E-state index contributed by atoms with van der Waals surface area (Å²) in [6.45, 7) is 2.06. The van der Waals surface area contributed by atoms with E-state index < -0.39 is 0 Å². The number of rotatable bonds is 6. The summed E-state index contributed by atoms with van der Waals surface area (Å²) in [4.78, 5) is 12.7. The zero-order valence-corrected chi connectivity index (χ0v) is 18.9. The van der Waals surface area contributed by atoms with Gasteiger partial charge in [0.05, 0.1) is 5.75 Å². The van der Waals surface area contributed by atoms with Crippen LogP contribution in [0.5, 0.6) is 0 Å². The summed E-state index contributed by atoms with van der Waals surface area (Å²) in [6, 6.07) is 32.2. The molecule has 162 valence electrons. The number of nitrogens with one attached hydrogen (secondary N) is 1.